The van der Waals surface area contributed by atoms with Crippen LogP contribution in [0.25, 0.3) is 10.9 Å². The summed E-state index contributed by atoms with van der Waals surface area (Å²) in [5.74, 6) is 1.45. The zero-order valence-electron chi connectivity index (χ0n) is 15.9. The number of hydrogen-bond acceptors (Lipinski definition) is 3. The first-order chi connectivity index (χ1) is 13.1. The first kappa shape index (κ1) is 18.9. The highest BCUT2D eigenvalue weighted by molar-refractivity contribution is 5.97. The van der Waals surface area contributed by atoms with Gasteiger partial charge in [0.05, 0.1) is 12.1 Å². The number of pyridine rings is 1. The maximum Gasteiger partial charge on any atom is 0.251 e. The van der Waals surface area contributed by atoms with Gasteiger partial charge in [0.1, 0.15) is 5.75 Å². The van der Waals surface area contributed by atoms with Crippen molar-refractivity contribution < 1.29 is 9.53 Å². The highest BCUT2D eigenvalue weighted by Crippen LogP contribution is 2.16. The third kappa shape index (κ3) is 5.55. The van der Waals surface area contributed by atoms with E-state index in [-0.39, 0.29) is 5.91 Å². The van der Waals surface area contributed by atoms with Gasteiger partial charge in [0.15, 0.2) is 0 Å². The van der Waals surface area contributed by atoms with Gasteiger partial charge in [-0.25, -0.2) is 0 Å². The quantitative estimate of drug-likeness (QED) is 0.575. The van der Waals surface area contributed by atoms with Gasteiger partial charge < -0.3 is 10.1 Å². The number of amides is 1. The summed E-state index contributed by atoms with van der Waals surface area (Å²) in [6.45, 7) is 5.62. The van der Waals surface area contributed by atoms with Gasteiger partial charge in [-0.15, -0.1) is 0 Å². The van der Waals surface area contributed by atoms with E-state index in [1.165, 1.54) is 0 Å². The second-order valence-corrected chi connectivity index (χ2v) is 7.13. The monoisotopic (exact) mass is 362 g/mol. The summed E-state index contributed by atoms with van der Waals surface area (Å²) < 4.78 is 5.82. The molecule has 1 heterocycles. The number of nitrogens with one attached hydrogen (secondary N) is 1. The third-order valence-electron chi connectivity index (χ3n) is 4.41. The van der Waals surface area contributed by atoms with E-state index in [9.17, 15) is 4.79 Å². The van der Waals surface area contributed by atoms with Crippen LogP contribution in [-0.4, -0.2) is 17.5 Å². The molecule has 0 radical (unpaired) electrons. The number of hydrogen-bond donors (Lipinski definition) is 1. The van der Waals surface area contributed by atoms with Crippen LogP contribution in [0.4, 0.5) is 0 Å². The zero-order valence-corrected chi connectivity index (χ0v) is 15.9. The Morgan fingerprint density at radius 2 is 2.00 bits per heavy atom. The van der Waals surface area contributed by atoms with E-state index in [4.69, 9.17) is 4.74 Å². The van der Waals surface area contributed by atoms with Gasteiger partial charge in [-0.2, -0.15) is 0 Å². The molecule has 27 heavy (non-hydrogen) atoms. The molecule has 140 valence electrons. The van der Waals surface area contributed by atoms with Crippen molar-refractivity contribution in [2.75, 3.05) is 6.61 Å². The van der Waals surface area contributed by atoms with E-state index >= 15 is 0 Å². The molecule has 3 aromatic rings. The smallest absolute Gasteiger partial charge is 0.251 e. The number of carbonyl (C=O) groups excluding carboxylic acids is 1. The van der Waals surface area contributed by atoms with Crippen LogP contribution in [0.2, 0.25) is 0 Å². The van der Waals surface area contributed by atoms with E-state index in [1.807, 2.05) is 48.5 Å². The summed E-state index contributed by atoms with van der Waals surface area (Å²) in [6, 6.07) is 17.3. The molecule has 0 saturated carbocycles. The fraction of sp³-hybridized carbons (Fsp3) is 0.304. The van der Waals surface area contributed by atoms with Crippen LogP contribution in [0, 0.1) is 5.92 Å². The largest absolute Gasteiger partial charge is 0.494 e. The molecule has 0 aliphatic rings. The Morgan fingerprint density at radius 1 is 1.11 bits per heavy atom. The number of fused-ring (bicyclic) bond motifs is 1. The highest BCUT2D eigenvalue weighted by Gasteiger charge is 2.07. The number of rotatable bonds is 8. The molecule has 0 bridgehead atoms. The zero-order chi connectivity index (χ0) is 19.1. The van der Waals surface area contributed by atoms with Crippen molar-refractivity contribution in [2.24, 2.45) is 5.92 Å². The number of ether oxygens (including phenoxy) is 1. The molecule has 0 fully saturated rings. The lowest BCUT2D eigenvalue weighted by Gasteiger charge is -2.10. The Kier molecular flexibility index (Phi) is 6.42. The molecule has 0 aliphatic heterocycles. The van der Waals surface area contributed by atoms with Gasteiger partial charge in [0.25, 0.3) is 5.91 Å². The highest BCUT2D eigenvalue weighted by atomic mass is 16.5. The van der Waals surface area contributed by atoms with E-state index in [2.05, 4.69) is 24.1 Å². The van der Waals surface area contributed by atoms with Crippen molar-refractivity contribution >= 4 is 16.8 Å². The van der Waals surface area contributed by atoms with E-state index in [1.54, 1.807) is 12.3 Å². The molecule has 1 aromatic heterocycles. The SMILES string of the molecule is CC(C)CCCOc1cccc(CNC(=O)c2ccc3ncccc3c2)c1. The minimum Gasteiger partial charge on any atom is -0.494 e. The lowest BCUT2D eigenvalue weighted by Crippen LogP contribution is -2.22. The molecule has 0 saturated heterocycles. The van der Waals surface area contributed by atoms with Gasteiger partial charge in [0, 0.05) is 23.7 Å². The summed E-state index contributed by atoms with van der Waals surface area (Å²) in [5.41, 5.74) is 2.54. The van der Waals surface area contributed by atoms with Gasteiger partial charge in [-0.05, 0) is 60.7 Å². The number of aromatic nitrogens is 1. The first-order valence-electron chi connectivity index (χ1n) is 9.46. The topological polar surface area (TPSA) is 51.2 Å². The molecular weight excluding hydrogens is 336 g/mol. The summed E-state index contributed by atoms with van der Waals surface area (Å²) in [5, 5.41) is 3.93. The van der Waals surface area contributed by atoms with E-state index in [0.717, 1.165) is 41.7 Å². The van der Waals surface area contributed by atoms with Gasteiger partial charge in [-0.1, -0.05) is 32.0 Å². The van der Waals surface area contributed by atoms with Crippen molar-refractivity contribution in [3.8, 4) is 5.75 Å². The van der Waals surface area contributed by atoms with E-state index in [0.29, 0.717) is 18.0 Å². The van der Waals surface area contributed by atoms with Crippen LogP contribution in [0.3, 0.4) is 0 Å². The molecule has 4 heteroatoms. The fourth-order valence-corrected chi connectivity index (χ4v) is 2.93. The molecule has 0 aliphatic carbocycles. The minimum atomic E-state index is -0.0935. The Bertz CT molecular complexity index is 906. The van der Waals surface area contributed by atoms with E-state index < -0.39 is 0 Å². The maximum atomic E-state index is 12.5. The average Bonchev–Trinajstić information content (AvgIpc) is 2.69. The molecule has 0 atom stereocenters. The number of benzene rings is 2. The molecule has 0 spiro atoms. The maximum absolute atomic E-state index is 12.5. The van der Waals surface area contributed by atoms with Crippen LogP contribution in [0.15, 0.2) is 60.8 Å². The molecule has 0 unspecified atom stereocenters. The molecule has 1 N–H and O–H groups in total. The van der Waals surface area contributed by atoms with Gasteiger partial charge in [0.2, 0.25) is 0 Å². The standard InChI is InChI=1S/C23H26N2O2/c1-17(2)6-5-13-27-21-9-3-7-18(14-21)16-25-23(26)20-10-11-22-19(15-20)8-4-12-24-22/h3-4,7-12,14-15,17H,5-6,13,16H2,1-2H3,(H,25,26). The second kappa shape index (κ2) is 9.17. The van der Waals surface area contributed by atoms with Crippen molar-refractivity contribution in [1.82, 2.24) is 10.3 Å². The average molecular weight is 362 g/mol. The van der Waals surface area contributed by atoms with Crippen LogP contribution >= 0.6 is 0 Å². The summed E-state index contributed by atoms with van der Waals surface area (Å²) in [4.78, 5) is 16.7. The third-order valence-corrected chi connectivity index (χ3v) is 4.41. The van der Waals surface area contributed by atoms with Crippen LogP contribution < -0.4 is 10.1 Å². The van der Waals surface area contributed by atoms with Gasteiger partial charge in [-0.3, -0.25) is 9.78 Å². The summed E-state index contributed by atoms with van der Waals surface area (Å²) in [6.07, 6.45) is 3.96. The molecular formula is C23H26N2O2. The molecule has 3 rings (SSSR count). The molecule has 2 aromatic carbocycles. The lowest BCUT2D eigenvalue weighted by molar-refractivity contribution is 0.0951. The van der Waals surface area contributed by atoms with Crippen LogP contribution in [-0.2, 0) is 6.54 Å². The summed E-state index contributed by atoms with van der Waals surface area (Å²) in [7, 11) is 0. The second-order valence-electron chi connectivity index (χ2n) is 7.13. The van der Waals surface area contributed by atoms with Crippen molar-refractivity contribution in [2.45, 2.75) is 33.2 Å². The minimum absolute atomic E-state index is 0.0935. The summed E-state index contributed by atoms with van der Waals surface area (Å²) >= 11 is 0. The Balaban J connectivity index is 1.55. The van der Waals surface area contributed by atoms with Crippen LogP contribution in [0.1, 0.15) is 42.6 Å². The molecule has 4 nitrogen and oxygen atoms in total. The lowest BCUT2D eigenvalue weighted by atomic mass is 10.1. The first-order valence-corrected chi connectivity index (χ1v) is 9.46. The molecule has 1 amide bonds. The predicted molar refractivity (Wildman–Crippen MR) is 109 cm³/mol. The fourth-order valence-electron chi connectivity index (χ4n) is 2.93. The van der Waals surface area contributed by atoms with Crippen LogP contribution in [0.5, 0.6) is 5.75 Å². The normalized spacial score (nSPS) is 10.9. The van der Waals surface area contributed by atoms with Crippen molar-refractivity contribution in [3.63, 3.8) is 0 Å². The van der Waals surface area contributed by atoms with Crippen molar-refractivity contribution in [1.29, 1.82) is 0 Å². The number of carbonyl (C=O) groups is 1. The van der Waals surface area contributed by atoms with Crippen molar-refractivity contribution in [3.05, 3.63) is 71.9 Å². The Morgan fingerprint density at radius 3 is 2.85 bits per heavy atom. The Hall–Kier alpha value is -2.88. The van der Waals surface area contributed by atoms with Gasteiger partial charge >= 0.3 is 0 Å². The Labute approximate surface area is 160 Å². The number of nitrogens with zero attached hydrogens (tertiary/aromatic N) is 1. The predicted octanol–water partition coefficient (Wildman–Crippen LogP) is 4.98.